The highest BCUT2D eigenvalue weighted by atomic mass is 16.5. The second-order valence-corrected chi connectivity index (χ2v) is 3.52. The minimum absolute atomic E-state index is 0.880. The molecule has 2 rings (SSSR count). The Balaban J connectivity index is 2.80. The fourth-order valence-electron chi connectivity index (χ4n) is 1.76. The molecule has 0 aromatic heterocycles. The average molecular weight is 202 g/mol. The highest BCUT2D eigenvalue weighted by molar-refractivity contribution is 5.93. The second kappa shape index (κ2) is 3.81. The van der Waals surface area contributed by atoms with E-state index in [4.69, 9.17) is 9.47 Å². The summed E-state index contributed by atoms with van der Waals surface area (Å²) in [6.45, 7) is 2.07. The molecule has 2 aromatic rings. The van der Waals surface area contributed by atoms with Crippen LogP contribution in [0.3, 0.4) is 0 Å². The molecule has 0 fully saturated rings. The normalized spacial score (nSPS) is 10.3. The van der Waals surface area contributed by atoms with Crippen LogP contribution < -0.4 is 9.47 Å². The lowest BCUT2D eigenvalue weighted by Crippen LogP contribution is -1.89. The zero-order valence-corrected chi connectivity index (χ0v) is 9.20. The van der Waals surface area contributed by atoms with Gasteiger partial charge in [-0.05, 0) is 25.1 Å². The van der Waals surface area contributed by atoms with E-state index < -0.39 is 0 Å². The van der Waals surface area contributed by atoms with E-state index in [-0.39, 0.29) is 0 Å². The number of fused-ring (bicyclic) bond motifs is 1. The molecular formula is C13H14O2. The summed E-state index contributed by atoms with van der Waals surface area (Å²) in [6.07, 6.45) is 0. The Morgan fingerprint density at radius 3 is 2.00 bits per heavy atom. The Hall–Kier alpha value is -1.70. The molecule has 0 spiro atoms. The first-order valence-corrected chi connectivity index (χ1v) is 4.87. The van der Waals surface area contributed by atoms with E-state index in [9.17, 15) is 0 Å². The lowest BCUT2D eigenvalue weighted by molar-refractivity contribution is 0.410. The molecule has 2 aromatic carbocycles. The van der Waals surface area contributed by atoms with E-state index in [0.29, 0.717) is 0 Å². The van der Waals surface area contributed by atoms with Crippen molar-refractivity contribution in [1.82, 2.24) is 0 Å². The van der Waals surface area contributed by atoms with Crippen LogP contribution in [0.1, 0.15) is 5.56 Å². The summed E-state index contributed by atoms with van der Waals surface area (Å²) >= 11 is 0. The highest BCUT2D eigenvalue weighted by Crippen LogP contribution is 2.33. The number of rotatable bonds is 2. The van der Waals surface area contributed by atoms with Crippen molar-refractivity contribution < 1.29 is 9.47 Å². The Bertz CT molecular complexity index is 489. The fraction of sp³-hybridized carbons (Fsp3) is 0.231. The number of hydrogen-bond acceptors (Lipinski definition) is 2. The first-order chi connectivity index (χ1) is 7.26. The van der Waals surface area contributed by atoms with Gasteiger partial charge in [0.05, 0.1) is 14.2 Å². The molecular weight excluding hydrogens is 188 g/mol. The lowest BCUT2D eigenvalue weighted by atomic mass is 10.1. The van der Waals surface area contributed by atoms with Gasteiger partial charge in [-0.3, -0.25) is 0 Å². The molecule has 0 saturated heterocycles. The van der Waals surface area contributed by atoms with Gasteiger partial charge in [0.15, 0.2) is 0 Å². The summed E-state index contributed by atoms with van der Waals surface area (Å²) in [5.74, 6) is 1.76. The van der Waals surface area contributed by atoms with Crippen molar-refractivity contribution in [2.45, 2.75) is 6.92 Å². The van der Waals surface area contributed by atoms with E-state index in [1.807, 2.05) is 12.1 Å². The number of ether oxygens (including phenoxy) is 2. The third-order valence-corrected chi connectivity index (χ3v) is 2.53. The number of hydrogen-bond donors (Lipinski definition) is 0. The van der Waals surface area contributed by atoms with Crippen LogP contribution in [-0.2, 0) is 0 Å². The number of benzene rings is 2. The molecule has 2 heteroatoms. The van der Waals surface area contributed by atoms with Gasteiger partial charge in [-0.25, -0.2) is 0 Å². The van der Waals surface area contributed by atoms with E-state index in [1.54, 1.807) is 14.2 Å². The molecule has 0 amide bonds. The van der Waals surface area contributed by atoms with Crippen molar-refractivity contribution >= 4 is 10.8 Å². The second-order valence-electron chi connectivity index (χ2n) is 3.52. The molecule has 0 aliphatic heterocycles. The lowest BCUT2D eigenvalue weighted by Gasteiger charge is -2.10. The zero-order chi connectivity index (χ0) is 10.8. The van der Waals surface area contributed by atoms with Gasteiger partial charge in [0.1, 0.15) is 11.5 Å². The topological polar surface area (TPSA) is 18.5 Å². The van der Waals surface area contributed by atoms with Gasteiger partial charge in [-0.15, -0.1) is 0 Å². The number of aryl methyl sites for hydroxylation is 1. The molecule has 0 atom stereocenters. The summed E-state index contributed by atoms with van der Waals surface area (Å²) < 4.78 is 10.6. The monoisotopic (exact) mass is 202 g/mol. The van der Waals surface area contributed by atoms with E-state index in [2.05, 4.69) is 25.1 Å². The summed E-state index contributed by atoms with van der Waals surface area (Å²) in [6, 6.07) is 10.1. The van der Waals surface area contributed by atoms with Crippen LogP contribution in [0.2, 0.25) is 0 Å². The maximum Gasteiger partial charge on any atom is 0.126 e. The molecule has 0 aliphatic carbocycles. The van der Waals surface area contributed by atoms with Crippen molar-refractivity contribution in [3.05, 3.63) is 35.9 Å². The molecule has 0 aliphatic rings. The predicted molar refractivity (Wildman–Crippen MR) is 61.8 cm³/mol. The summed E-state index contributed by atoms with van der Waals surface area (Å²) in [5, 5.41) is 2.18. The maximum absolute atomic E-state index is 5.33. The smallest absolute Gasteiger partial charge is 0.126 e. The van der Waals surface area contributed by atoms with Gasteiger partial charge in [0, 0.05) is 10.8 Å². The first kappa shape index (κ1) is 9.84. The van der Waals surface area contributed by atoms with Crippen molar-refractivity contribution in [3.8, 4) is 11.5 Å². The number of methoxy groups -OCH3 is 2. The van der Waals surface area contributed by atoms with Gasteiger partial charge in [0.25, 0.3) is 0 Å². The molecule has 0 heterocycles. The Labute approximate surface area is 89.4 Å². The Morgan fingerprint density at radius 2 is 1.40 bits per heavy atom. The summed E-state index contributed by atoms with van der Waals surface area (Å²) in [4.78, 5) is 0. The van der Waals surface area contributed by atoms with Crippen LogP contribution in [0, 0.1) is 6.92 Å². The van der Waals surface area contributed by atoms with Gasteiger partial charge in [-0.1, -0.05) is 17.7 Å². The van der Waals surface area contributed by atoms with Crippen LogP contribution in [-0.4, -0.2) is 14.2 Å². The van der Waals surface area contributed by atoms with Crippen LogP contribution in [0.25, 0.3) is 10.8 Å². The standard InChI is InChI=1S/C13H14O2/c1-9-4-5-10-11(8-9)13(15-3)7-6-12(10)14-2/h4-8H,1-3H3. The summed E-state index contributed by atoms with van der Waals surface area (Å²) in [5.41, 5.74) is 1.22. The maximum atomic E-state index is 5.33. The van der Waals surface area contributed by atoms with Crippen LogP contribution >= 0.6 is 0 Å². The molecule has 78 valence electrons. The first-order valence-electron chi connectivity index (χ1n) is 4.87. The summed E-state index contributed by atoms with van der Waals surface area (Å²) in [7, 11) is 3.37. The van der Waals surface area contributed by atoms with Crippen LogP contribution in [0.4, 0.5) is 0 Å². The van der Waals surface area contributed by atoms with Crippen LogP contribution in [0.5, 0.6) is 11.5 Å². The molecule has 15 heavy (non-hydrogen) atoms. The minimum Gasteiger partial charge on any atom is -0.496 e. The fourth-order valence-corrected chi connectivity index (χ4v) is 1.76. The zero-order valence-electron chi connectivity index (χ0n) is 9.20. The molecule has 0 saturated carbocycles. The molecule has 0 bridgehead atoms. The van der Waals surface area contributed by atoms with E-state index >= 15 is 0 Å². The predicted octanol–water partition coefficient (Wildman–Crippen LogP) is 3.17. The van der Waals surface area contributed by atoms with E-state index in [0.717, 1.165) is 22.3 Å². The van der Waals surface area contributed by atoms with E-state index in [1.165, 1.54) is 5.56 Å². The minimum atomic E-state index is 0.880. The SMILES string of the molecule is COc1ccc(OC)c2cc(C)ccc12. The van der Waals surface area contributed by atoms with Gasteiger partial charge < -0.3 is 9.47 Å². The third-order valence-electron chi connectivity index (χ3n) is 2.53. The van der Waals surface area contributed by atoms with Crippen molar-refractivity contribution in [2.75, 3.05) is 14.2 Å². The van der Waals surface area contributed by atoms with Crippen LogP contribution in [0.15, 0.2) is 30.3 Å². The largest absolute Gasteiger partial charge is 0.496 e. The highest BCUT2D eigenvalue weighted by Gasteiger charge is 2.06. The van der Waals surface area contributed by atoms with Gasteiger partial charge in [-0.2, -0.15) is 0 Å². The third kappa shape index (κ3) is 1.63. The van der Waals surface area contributed by atoms with Gasteiger partial charge in [0.2, 0.25) is 0 Å². The molecule has 0 N–H and O–H groups in total. The van der Waals surface area contributed by atoms with Crippen molar-refractivity contribution in [2.24, 2.45) is 0 Å². The molecule has 2 nitrogen and oxygen atoms in total. The molecule has 0 radical (unpaired) electrons. The van der Waals surface area contributed by atoms with Gasteiger partial charge >= 0.3 is 0 Å². The molecule has 0 unspecified atom stereocenters. The average Bonchev–Trinajstić information content (AvgIpc) is 2.27. The van der Waals surface area contributed by atoms with Crippen molar-refractivity contribution in [3.63, 3.8) is 0 Å². The Morgan fingerprint density at radius 1 is 0.800 bits per heavy atom. The Kier molecular flexibility index (Phi) is 2.50. The quantitative estimate of drug-likeness (QED) is 0.744. The van der Waals surface area contributed by atoms with Crippen molar-refractivity contribution in [1.29, 1.82) is 0 Å².